The van der Waals surface area contributed by atoms with Crippen LogP contribution in [0.15, 0.2) is 24.3 Å². The molecule has 0 heterocycles. The third kappa shape index (κ3) is 3.47. The van der Waals surface area contributed by atoms with Crippen molar-refractivity contribution in [3.05, 3.63) is 29.8 Å². The zero-order valence-electron chi connectivity index (χ0n) is 10.6. The summed E-state index contributed by atoms with van der Waals surface area (Å²) in [4.78, 5) is 0. The molecule has 0 amide bonds. The fraction of sp³-hybridized carbons (Fsp3) is 0.600. The predicted octanol–water partition coefficient (Wildman–Crippen LogP) is 3.18. The zero-order chi connectivity index (χ0) is 12.1. The van der Waals surface area contributed by atoms with Crippen molar-refractivity contribution < 1.29 is 9.84 Å². The topological polar surface area (TPSA) is 29.5 Å². The highest BCUT2D eigenvalue weighted by atomic mass is 16.5. The van der Waals surface area contributed by atoms with Crippen LogP contribution in [-0.2, 0) is 6.42 Å². The Morgan fingerprint density at radius 3 is 2.53 bits per heavy atom. The van der Waals surface area contributed by atoms with E-state index in [2.05, 4.69) is 12.1 Å². The summed E-state index contributed by atoms with van der Waals surface area (Å²) in [6.45, 7) is 2.70. The molecule has 0 spiro atoms. The van der Waals surface area contributed by atoms with Gasteiger partial charge in [-0.25, -0.2) is 0 Å². The minimum absolute atomic E-state index is 0.102. The molecule has 0 bridgehead atoms. The van der Waals surface area contributed by atoms with Crippen LogP contribution < -0.4 is 4.74 Å². The first kappa shape index (κ1) is 12.4. The number of ether oxygens (including phenoxy) is 1. The summed E-state index contributed by atoms with van der Waals surface area (Å²) in [5.41, 5.74) is 1.31. The van der Waals surface area contributed by atoms with E-state index in [1.807, 2.05) is 19.1 Å². The molecule has 0 radical (unpaired) electrons. The molecule has 1 N–H and O–H groups in total. The van der Waals surface area contributed by atoms with Crippen LogP contribution >= 0.6 is 0 Å². The lowest BCUT2D eigenvalue weighted by atomic mass is 9.82. The Kier molecular flexibility index (Phi) is 4.43. The van der Waals surface area contributed by atoms with Gasteiger partial charge in [-0.2, -0.15) is 0 Å². The second-order valence-corrected chi connectivity index (χ2v) is 4.89. The first-order chi connectivity index (χ1) is 8.29. The Hall–Kier alpha value is -1.02. The zero-order valence-corrected chi connectivity index (χ0v) is 10.6. The predicted molar refractivity (Wildman–Crippen MR) is 69.3 cm³/mol. The summed E-state index contributed by atoms with van der Waals surface area (Å²) in [6.07, 6.45) is 5.47. The minimum atomic E-state index is -0.102. The summed E-state index contributed by atoms with van der Waals surface area (Å²) in [5.74, 6) is 1.38. The third-order valence-electron chi connectivity index (χ3n) is 3.60. The van der Waals surface area contributed by atoms with E-state index in [-0.39, 0.29) is 6.10 Å². The molecule has 2 atom stereocenters. The van der Waals surface area contributed by atoms with Crippen LogP contribution in [-0.4, -0.2) is 17.8 Å². The van der Waals surface area contributed by atoms with Gasteiger partial charge in [-0.15, -0.1) is 0 Å². The molecule has 1 saturated carbocycles. The van der Waals surface area contributed by atoms with Crippen molar-refractivity contribution in [2.24, 2.45) is 5.92 Å². The summed E-state index contributed by atoms with van der Waals surface area (Å²) >= 11 is 0. The van der Waals surface area contributed by atoms with E-state index in [9.17, 15) is 5.11 Å². The first-order valence-corrected chi connectivity index (χ1v) is 6.69. The number of benzene rings is 1. The van der Waals surface area contributed by atoms with E-state index in [1.54, 1.807) is 0 Å². The molecular formula is C15H22O2. The molecule has 94 valence electrons. The van der Waals surface area contributed by atoms with Gasteiger partial charge in [-0.05, 0) is 49.8 Å². The van der Waals surface area contributed by atoms with E-state index in [1.165, 1.54) is 18.4 Å². The second kappa shape index (κ2) is 6.06. The van der Waals surface area contributed by atoms with E-state index in [4.69, 9.17) is 4.74 Å². The van der Waals surface area contributed by atoms with Crippen molar-refractivity contribution in [1.82, 2.24) is 0 Å². The maximum atomic E-state index is 9.94. The summed E-state index contributed by atoms with van der Waals surface area (Å²) < 4.78 is 5.42. The molecule has 0 aliphatic heterocycles. The van der Waals surface area contributed by atoms with Crippen molar-refractivity contribution in [1.29, 1.82) is 0 Å². The quantitative estimate of drug-likeness (QED) is 0.867. The summed E-state index contributed by atoms with van der Waals surface area (Å²) in [7, 11) is 0. The molecule has 1 aliphatic carbocycles. The molecular weight excluding hydrogens is 212 g/mol. The van der Waals surface area contributed by atoms with Crippen molar-refractivity contribution in [3.8, 4) is 5.75 Å². The van der Waals surface area contributed by atoms with Crippen LogP contribution in [0.3, 0.4) is 0 Å². The molecule has 0 aromatic heterocycles. The average molecular weight is 234 g/mol. The van der Waals surface area contributed by atoms with Crippen LogP contribution in [0.25, 0.3) is 0 Å². The molecule has 17 heavy (non-hydrogen) atoms. The van der Waals surface area contributed by atoms with Gasteiger partial charge < -0.3 is 9.84 Å². The Balaban J connectivity index is 1.93. The first-order valence-electron chi connectivity index (χ1n) is 6.69. The maximum Gasteiger partial charge on any atom is 0.119 e. The van der Waals surface area contributed by atoms with Crippen molar-refractivity contribution >= 4 is 0 Å². The van der Waals surface area contributed by atoms with Crippen molar-refractivity contribution in [2.75, 3.05) is 6.61 Å². The van der Waals surface area contributed by atoms with Crippen molar-refractivity contribution in [3.63, 3.8) is 0 Å². The largest absolute Gasteiger partial charge is 0.494 e. The number of aliphatic hydroxyl groups is 1. The minimum Gasteiger partial charge on any atom is -0.494 e. The fourth-order valence-corrected chi connectivity index (χ4v) is 2.62. The van der Waals surface area contributed by atoms with Crippen LogP contribution in [0.2, 0.25) is 0 Å². The fourth-order valence-electron chi connectivity index (χ4n) is 2.62. The van der Waals surface area contributed by atoms with Gasteiger partial charge in [0.2, 0.25) is 0 Å². The monoisotopic (exact) mass is 234 g/mol. The maximum absolute atomic E-state index is 9.94. The molecule has 1 aromatic carbocycles. The van der Waals surface area contributed by atoms with Gasteiger partial charge in [0.1, 0.15) is 5.75 Å². The van der Waals surface area contributed by atoms with Gasteiger partial charge in [0.05, 0.1) is 12.7 Å². The van der Waals surface area contributed by atoms with Gasteiger partial charge in [0, 0.05) is 0 Å². The highest BCUT2D eigenvalue weighted by Gasteiger charge is 2.22. The molecule has 2 nitrogen and oxygen atoms in total. The van der Waals surface area contributed by atoms with Gasteiger partial charge >= 0.3 is 0 Å². The van der Waals surface area contributed by atoms with Crippen LogP contribution in [0.1, 0.15) is 38.2 Å². The van der Waals surface area contributed by atoms with Crippen molar-refractivity contribution in [2.45, 2.75) is 45.1 Å². The van der Waals surface area contributed by atoms with Crippen LogP contribution in [0, 0.1) is 5.92 Å². The number of aliphatic hydroxyl groups excluding tert-OH is 1. The van der Waals surface area contributed by atoms with E-state index in [0.717, 1.165) is 25.0 Å². The molecule has 1 fully saturated rings. The Bertz CT molecular complexity index is 331. The molecule has 1 aliphatic rings. The van der Waals surface area contributed by atoms with Gasteiger partial charge in [-0.3, -0.25) is 0 Å². The Labute approximate surface area is 104 Å². The number of hydrogen-bond acceptors (Lipinski definition) is 2. The van der Waals surface area contributed by atoms with Gasteiger partial charge in [0.25, 0.3) is 0 Å². The molecule has 2 rings (SSSR count). The van der Waals surface area contributed by atoms with Gasteiger partial charge in [-0.1, -0.05) is 25.0 Å². The summed E-state index contributed by atoms with van der Waals surface area (Å²) in [5, 5.41) is 9.94. The lowest BCUT2D eigenvalue weighted by Gasteiger charge is -2.27. The number of hydrogen-bond donors (Lipinski definition) is 1. The molecule has 2 heteroatoms. The second-order valence-electron chi connectivity index (χ2n) is 4.89. The van der Waals surface area contributed by atoms with E-state index in [0.29, 0.717) is 12.5 Å². The SMILES string of the molecule is CCOc1ccc(CC2CCCCC2O)cc1. The molecule has 2 unspecified atom stereocenters. The Morgan fingerprint density at radius 1 is 1.18 bits per heavy atom. The highest BCUT2D eigenvalue weighted by Crippen LogP contribution is 2.27. The highest BCUT2D eigenvalue weighted by molar-refractivity contribution is 5.27. The van der Waals surface area contributed by atoms with E-state index < -0.39 is 0 Å². The molecule has 0 saturated heterocycles. The Morgan fingerprint density at radius 2 is 1.88 bits per heavy atom. The molecule has 1 aromatic rings. The van der Waals surface area contributed by atoms with Crippen LogP contribution in [0.4, 0.5) is 0 Å². The standard InChI is InChI=1S/C15H22O2/c1-2-17-14-9-7-12(8-10-14)11-13-5-3-4-6-15(13)16/h7-10,13,15-16H,2-6,11H2,1H3. The lowest BCUT2D eigenvalue weighted by molar-refractivity contribution is 0.0700. The van der Waals surface area contributed by atoms with Crippen LogP contribution in [0.5, 0.6) is 5.75 Å². The smallest absolute Gasteiger partial charge is 0.119 e. The third-order valence-corrected chi connectivity index (χ3v) is 3.60. The normalized spacial score (nSPS) is 24.6. The summed E-state index contributed by atoms with van der Waals surface area (Å²) in [6, 6.07) is 8.28. The lowest BCUT2D eigenvalue weighted by Crippen LogP contribution is -2.26. The number of rotatable bonds is 4. The van der Waals surface area contributed by atoms with E-state index >= 15 is 0 Å². The average Bonchev–Trinajstić information content (AvgIpc) is 2.35. The van der Waals surface area contributed by atoms with Gasteiger partial charge in [0.15, 0.2) is 0 Å².